The van der Waals surface area contributed by atoms with Gasteiger partial charge in [-0.1, -0.05) is 41.6 Å². The number of thioether (sulfide) groups is 1. The van der Waals surface area contributed by atoms with E-state index in [1.807, 2.05) is 42.5 Å². The summed E-state index contributed by atoms with van der Waals surface area (Å²) in [4.78, 5) is 0. The second-order valence-electron chi connectivity index (χ2n) is 5.16. The number of hydrogen-bond acceptors (Lipinski definition) is 6. The van der Waals surface area contributed by atoms with Crippen molar-refractivity contribution in [2.75, 3.05) is 13.0 Å². The van der Waals surface area contributed by atoms with Gasteiger partial charge in [-0.2, -0.15) is 0 Å². The van der Waals surface area contributed by atoms with Gasteiger partial charge in [0.05, 0.1) is 7.11 Å². The highest BCUT2D eigenvalue weighted by Gasteiger charge is 2.11. The van der Waals surface area contributed by atoms with Crippen LogP contribution in [0.2, 0.25) is 5.02 Å². The fourth-order valence-electron chi connectivity index (χ4n) is 2.12. The second-order valence-corrected chi connectivity index (χ2v) is 6.53. The molecule has 0 aliphatic carbocycles. The van der Waals surface area contributed by atoms with Gasteiger partial charge in [-0.05, 0) is 29.8 Å². The first-order valence-electron chi connectivity index (χ1n) is 7.49. The van der Waals surface area contributed by atoms with Crippen LogP contribution < -0.4 is 15.3 Å². The Bertz CT molecular complexity index is 856. The van der Waals surface area contributed by atoms with E-state index in [2.05, 4.69) is 10.2 Å². The van der Waals surface area contributed by atoms with Crippen molar-refractivity contribution in [2.24, 2.45) is 0 Å². The molecular formula is C17H17ClN4O2S. The molecule has 1 aromatic heterocycles. The summed E-state index contributed by atoms with van der Waals surface area (Å²) in [5.74, 6) is 8.70. The number of benzene rings is 2. The largest absolute Gasteiger partial charge is 0.497 e. The third-order valence-electron chi connectivity index (χ3n) is 3.40. The van der Waals surface area contributed by atoms with E-state index in [1.54, 1.807) is 13.2 Å². The predicted octanol–water partition coefficient (Wildman–Crippen LogP) is 3.53. The van der Waals surface area contributed by atoms with Gasteiger partial charge in [0.1, 0.15) is 18.1 Å². The molecule has 0 atom stereocenters. The number of ether oxygens (including phenoxy) is 2. The lowest BCUT2D eigenvalue weighted by molar-refractivity contribution is 0.289. The van der Waals surface area contributed by atoms with E-state index in [-0.39, 0.29) is 6.61 Å². The van der Waals surface area contributed by atoms with Crippen molar-refractivity contribution >= 4 is 23.4 Å². The molecule has 130 valence electrons. The molecule has 2 N–H and O–H groups in total. The summed E-state index contributed by atoms with van der Waals surface area (Å²) < 4.78 is 12.3. The van der Waals surface area contributed by atoms with Crippen molar-refractivity contribution in [1.29, 1.82) is 0 Å². The molecule has 0 unspecified atom stereocenters. The van der Waals surface area contributed by atoms with Crippen LogP contribution in [0.4, 0.5) is 0 Å². The van der Waals surface area contributed by atoms with E-state index in [0.717, 1.165) is 11.3 Å². The molecule has 0 saturated carbocycles. The topological polar surface area (TPSA) is 75.2 Å². The zero-order chi connectivity index (χ0) is 17.6. The Morgan fingerprint density at radius 2 is 1.92 bits per heavy atom. The van der Waals surface area contributed by atoms with Crippen LogP contribution >= 0.6 is 23.4 Å². The van der Waals surface area contributed by atoms with Gasteiger partial charge in [-0.3, -0.25) is 0 Å². The summed E-state index contributed by atoms with van der Waals surface area (Å²) in [7, 11) is 1.61. The van der Waals surface area contributed by atoms with Crippen molar-refractivity contribution in [3.05, 3.63) is 64.9 Å². The minimum atomic E-state index is 0.217. The van der Waals surface area contributed by atoms with Gasteiger partial charge in [0, 0.05) is 16.8 Å². The molecule has 0 aliphatic rings. The van der Waals surface area contributed by atoms with E-state index in [1.165, 1.54) is 16.4 Å². The smallest absolute Gasteiger partial charge is 0.210 e. The number of nitrogens with zero attached hydrogens (tertiary/aromatic N) is 3. The van der Waals surface area contributed by atoms with Gasteiger partial charge in [0.2, 0.25) is 5.16 Å². The van der Waals surface area contributed by atoms with Crippen LogP contribution in [0.1, 0.15) is 11.4 Å². The summed E-state index contributed by atoms with van der Waals surface area (Å²) in [6.07, 6.45) is 0. The molecule has 0 saturated heterocycles. The molecule has 3 rings (SSSR count). The number of halogens is 1. The summed E-state index contributed by atoms with van der Waals surface area (Å²) in [6.45, 7) is 0.217. The molecule has 8 heteroatoms. The molecular weight excluding hydrogens is 360 g/mol. The molecule has 1 heterocycles. The lowest BCUT2D eigenvalue weighted by Crippen LogP contribution is -2.15. The number of nitrogen functional groups attached to an aromatic ring is 1. The molecule has 0 aliphatic heterocycles. The highest BCUT2D eigenvalue weighted by atomic mass is 35.5. The monoisotopic (exact) mass is 376 g/mol. The summed E-state index contributed by atoms with van der Waals surface area (Å²) in [5, 5.41) is 9.52. The molecule has 0 spiro atoms. The number of rotatable bonds is 7. The van der Waals surface area contributed by atoms with Crippen molar-refractivity contribution in [3.63, 3.8) is 0 Å². The number of hydrogen-bond donors (Lipinski definition) is 1. The van der Waals surface area contributed by atoms with Crippen molar-refractivity contribution in [2.45, 2.75) is 17.5 Å². The first kappa shape index (κ1) is 17.4. The first-order chi connectivity index (χ1) is 12.2. The lowest BCUT2D eigenvalue weighted by atomic mass is 10.2. The Labute approximate surface area is 154 Å². The summed E-state index contributed by atoms with van der Waals surface area (Å²) in [5.41, 5.74) is 1.09. The second kappa shape index (κ2) is 8.13. The highest BCUT2D eigenvalue weighted by Crippen LogP contribution is 2.23. The maximum absolute atomic E-state index is 6.06. The van der Waals surface area contributed by atoms with Crippen LogP contribution in [0.15, 0.2) is 53.7 Å². The molecule has 0 amide bonds. The van der Waals surface area contributed by atoms with E-state index >= 15 is 0 Å². The van der Waals surface area contributed by atoms with Gasteiger partial charge < -0.3 is 15.3 Å². The van der Waals surface area contributed by atoms with Gasteiger partial charge in [-0.25, -0.2) is 4.68 Å². The van der Waals surface area contributed by atoms with Crippen LogP contribution in [-0.2, 0) is 12.4 Å². The van der Waals surface area contributed by atoms with Crippen LogP contribution in [-0.4, -0.2) is 22.0 Å². The van der Waals surface area contributed by atoms with E-state index in [0.29, 0.717) is 27.5 Å². The number of methoxy groups -OCH3 is 1. The zero-order valence-corrected chi connectivity index (χ0v) is 15.1. The number of nitrogens with two attached hydrogens (primary N) is 1. The predicted molar refractivity (Wildman–Crippen MR) is 98.5 cm³/mol. The zero-order valence-electron chi connectivity index (χ0n) is 13.6. The van der Waals surface area contributed by atoms with Crippen molar-refractivity contribution < 1.29 is 9.47 Å². The average Bonchev–Trinajstić information content (AvgIpc) is 2.98. The minimum absolute atomic E-state index is 0.217. The molecule has 25 heavy (non-hydrogen) atoms. The SMILES string of the molecule is COc1cccc(OCc2nnc(SCc3cccc(Cl)c3)n2N)c1. The summed E-state index contributed by atoms with van der Waals surface area (Å²) >= 11 is 7.48. The fraction of sp³-hybridized carbons (Fsp3) is 0.176. The van der Waals surface area contributed by atoms with Gasteiger partial charge in [0.15, 0.2) is 5.82 Å². The molecule has 6 nitrogen and oxygen atoms in total. The molecule has 3 aromatic rings. The van der Waals surface area contributed by atoms with Gasteiger partial charge in [-0.15, -0.1) is 10.2 Å². The molecule has 0 bridgehead atoms. The van der Waals surface area contributed by atoms with Crippen molar-refractivity contribution in [3.8, 4) is 11.5 Å². The Hall–Kier alpha value is -2.38. The Balaban J connectivity index is 1.60. The fourth-order valence-corrected chi connectivity index (χ4v) is 3.15. The lowest BCUT2D eigenvalue weighted by Gasteiger charge is -2.07. The van der Waals surface area contributed by atoms with Crippen LogP contribution in [0.25, 0.3) is 0 Å². The number of aromatic nitrogens is 3. The van der Waals surface area contributed by atoms with Gasteiger partial charge >= 0.3 is 0 Å². The Morgan fingerprint density at radius 1 is 1.12 bits per heavy atom. The van der Waals surface area contributed by atoms with E-state index in [4.69, 9.17) is 26.9 Å². The quantitative estimate of drug-likeness (QED) is 0.502. The minimum Gasteiger partial charge on any atom is -0.497 e. The third-order valence-corrected chi connectivity index (χ3v) is 4.65. The first-order valence-corrected chi connectivity index (χ1v) is 8.85. The Kier molecular flexibility index (Phi) is 5.67. The van der Waals surface area contributed by atoms with Crippen molar-refractivity contribution in [1.82, 2.24) is 14.9 Å². The maximum Gasteiger partial charge on any atom is 0.210 e. The standard InChI is InChI=1S/C17H17ClN4O2S/c1-23-14-6-3-7-15(9-14)24-10-16-20-21-17(22(16)19)25-11-12-4-2-5-13(18)8-12/h2-9H,10-11,19H2,1H3. The molecule has 2 aromatic carbocycles. The summed E-state index contributed by atoms with van der Waals surface area (Å²) in [6, 6.07) is 15.0. The molecule has 0 radical (unpaired) electrons. The highest BCUT2D eigenvalue weighted by molar-refractivity contribution is 7.98. The average molecular weight is 377 g/mol. The third kappa shape index (κ3) is 4.58. The van der Waals surface area contributed by atoms with Gasteiger partial charge in [0.25, 0.3) is 0 Å². The van der Waals surface area contributed by atoms with Crippen LogP contribution in [0.5, 0.6) is 11.5 Å². The maximum atomic E-state index is 6.06. The van der Waals surface area contributed by atoms with Crippen LogP contribution in [0, 0.1) is 0 Å². The Morgan fingerprint density at radius 3 is 2.72 bits per heavy atom. The normalized spacial score (nSPS) is 10.6. The van der Waals surface area contributed by atoms with Crippen LogP contribution in [0.3, 0.4) is 0 Å². The molecule has 0 fully saturated rings. The van der Waals surface area contributed by atoms with E-state index < -0.39 is 0 Å². The van der Waals surface area contributed by atoms with E-state index in [9.17, 15) is 0 Å².